The van der Waals surface area contributed by atoms with Gasteiger partial charge in [-0.1, -0.05) is 24.3 Å². The number of hydrogen-bond acceptors (Lipinski definition) is 2. The van der Waals surface area contributed by atoms with Gasteiger partial charge in [0.05, 0.1) is 5.69 Å². The van der Waals surface area contributed by atoms with Crippen LogP contribution in [0.1, 0.15) is 23.1 Å². The van der Waals surface area contributed by atoms with Crippen LogP contribution in [0.15, 0.2) is 42.5 Å². The molecule has 3 N–H and O–H groups in total. The molecular formula is C17H18FN3. The molecule has 108 valence electrons. The zero-order valence-corrected chi connectivity index (χ0v) is 11.8. The average molecular weight is 283 g/mol. The number of nitrogen functional groups attached to an aromatic ring is 1. The van der Waals surface area contributed by atoms with Gasteiger partial charge in [0.25, 0.3) is 0 Å². The summed E-state index contributed by atoms with van der Waals surface area (Å²) < 4.78 is 14.3. The predicted molar refractivity (Wildman–Crippen MR) is 83.2 cm³/mol. The van der Waals surface area contributed by atoms with Crippen molar-refractivity contribution in [3.05, 3.63) is 65.0 Å². The lowest BCUT2D eigenvalue weighted by Gasteiger charge is -2.24. The molecule has 0 atom stereocenters. The van der Waals surface area contributed by atoms with Crippen LogP contribution in [-0.2, 0) is 13.0 Å². The third kappa shape index (κ3) is 2.75. The summed E-state index contributed by atoms with van der Waals surface area (Å²) in [6.07, 6.45) is 2.03. The smallest absolute Gasteiger partial charge is 0.147 e. The van der Waals surface area contributed by atoms with Crippen LogP contribution in [0.5, 0.6) is 0 Å². The Balaban J connectivity index is 1.92. The maximum Gasteiger partial charge on any atom is 0.147 e. The molecule has 0 fully saturated rings. The minimum Gasteiger partial charge on any atom is -0.384 e. The number of halogens is 1. The number of aryl methyl sites for hydroxylation is 1. The lowest BCUT2D eigenvalue weighted by Crippen LogP contribution is -2.24. The van der Waals surface area contributed by atoms with Crippen molar-refractivity contribution in [2.24, 2.45) is 5.73 Å². The van der Waals surface area contributed by atoms with E-state index in [1.165, 1.54) is 17.2 Å². The minimum atomic E-state index is -0.318. The van der Waals surface area contributed by atoms with E-state index in [0.29, 0.717) is 17.8 Å². The Morgan fingerprint density at radius 1 is 1.14 bits per heavy atom. The second kappa shape index (κ2) is 5.56. The lowest BCUT2D eigenvalue weighted by molar-refractivity contribution is 0.614. The monoisotopic (exact) mass is 283 g/mol. The second-order valence-electron chi connectivity index (χ2n) is 5.37. The van der Waals surface area contributed by atoms with Crippen LogP contribution in [0.2, 0.25) is 0 Å². The molecule has 0 aliphatic carbocycles. The lowest BCUT2D eigenvalue weighted by atomic mass is 10.0. The van der Waals surface area contributed by atoms with Crippen molar-refractivity contribution in [3.8, 4) is 0 Å². The summed E-state index contributed by atoms with van der Waals surface area (Å²) in [6, 6.07) is 13.1. The summed E-state index contributed by atoms with van der Waals surface area (Å²) >= 11 is 0. The first-order valence-electron chi connectivity index (χ1n) is 7.11. The first-order chi connectivity index (χ1) is 10.1. The van der Waals surface area contributed by atoms with Crippen molar-refractivity contribution < 1.29 is 4.39 Å². The highest BCUT2D eigenvalue weighted by molar-refractivity contribution is 5.95. The molecule has 0 amide bonds. The summed E-state index contributed by atoms with van der Waals surface area (Å²) in [5.41, 5.74) is 9.01. The van der Waals surface area contributed by atoms with Crippen LogP contribution in [0.25, 0.3) is 0 Å². The molecule has 0 bridgehead atoms. The van der Waals surface area contributed by atoms with E-state index in [2.05, 4.69) is 23.1 Å². The van der Waals surface area contributed by atoms with Crippen LogP contribution in [0.4, 0.5) is 10.1 Å². The standard InChI is InChI=1S/C17H18FN3/c18-15-10-13(17(19)20)7-8-16(15)21-9-3-6-12-4-1-2-5-14(12)11-21/h1-2,4-5,7-8,10H,3,6,9,11H2,(H3,19,20). The number of nitrogens with two attached hydrogens (primary N) is 1. The van der Waals surface area contributed by atoms with Crippen molar-refractivity contribution in [1.82, 2.24) is 0 Å². The SMILES string of the molecule is N=C(N)c1ccc(N2CCCc3ccccc3C2)c(F)c1. The Labute approximate surface area is 123 Å². The maximum atomic E-state index is 14.3. The summed E-state index contributed by atoms with van der Waals surface area (Å²) in [6.45, 7) is 1.54. The fraction of sp³-hybridized carbons (Fsp3) is 0.235. The van der Waals surface area contributed by atoms with Crippen molar-refractivity contribution in [3.63, 3.8) is 0 Å². The molecule has 2 aromatic carbocycles. The second-order valence-corrected chi connectivity index (χ2v) is 5.37. The third-order valence-corrected chi connectivity index (χ3v) is 3.95. The molecule has 0 saturated heterocycles. The Morgan fingerprint density at radius 3 is 2.62 bits per heavy atom. The largest absolute Gasteiger partial charge is 0.384 e. The van der Waals surface area contributed by atoms with Crippen LogP contribution in [0, 0.1) is 11.2 Å². The number of nitrogens with one attached hydrogen (secondary N) is 1. The Morgan fingerprint density at radius 2 is 1.90 bits per heavy atom. The van der Waals surface area contributed by atoms with E-state index in [0.717, 1.165) is 19.4 Å². The summed E-state index contributed by atoms with van der Waals surface area (Å²) in [5, 5.41) is 7.38. The average Bonchev–Trinajstić information content (AvgIpc) is 2.69. The first kappa shape index (κ1) is 13.6. The number of hydrogen-bond donors (Lipinski definition) is 2. The highest BCUT2D eigenvalue weighted by Gasteiger charge is 2.17. The maximum absolute atomic E-state index is 14.3. The quantitative estimate of drug-likeness (QED) is 0.657. The normalized spacial score (nSPS) is 14.4. The highest BCUT2D eigenvalue weighted by Crippen LogP contribution is 2.26. The number of benzene rings is 2. The molecule has 0 unspecified atom stereocenters. The third-order valence-electron chi connectivity index (χ3n) is 3.95. The number of anilines is 1. The molecule has 2 aromatic rings. The zero-order valence-electron chi connectivity index (χ0n) is 11.8. The molecule has 1 heterocycles. The summed E-state index contributed by atoms with van der Waals surface area (Å²) in [5.74, 6) is -0.427. The summed E-state index contributed by atoms with van der Waals surface area (Å²) in [7, 11) is 0. The molecular weight excluding hydrogens is 265 g/mol. The molecule has 0 spiro atoms. The zero-order chi connectivity index (χ0) is 14.8. The van der Waals surface area contributed by atoms with Gasteiger partial charge >= 0.3 is 0 Å². The van der Waals surface area contributed by atoms with Crippen LogP contribution in [-0.4, -0.2) is 12.4 Å². The Hall–Kier alpha value is -2.36. The topological polar surface area (TPSA) is 53.1 Å². The minimum absolute atomic E-state index is 0.110. The van der Waals surface area contributed by atoms with E-state index in [9.17, 15) is 4.39 Å². The van der Waals surface area contributed by atoms with E-state index in [1.54, 1.807) is 12.1 Å². The molecule has 1 aliphatic heterocycles. The molecule has 1 aliphatic rings. The van der Waals surface area contributed by atoms with Crippen molar-refractivity contribution in [2.45, 2.75) is 19.4 Å². The highest BCUT2D eigenvalue weighted by atomic mass is 19.1. The van der Waals surface area contributed by atoms with Gasteiger partial charge in [-0.05, 0) is 42.2 Å². The molecule has 0 radical (unpaired) electrons. The van der Waals surface area contributed by atoms with E-state index < -0.39 is 0 Å². The van der Waals surface area contributed by atoms with Gasteiger partial charge in [-0.15, -0.1) is 0 Å². The van der Waals surface area contributed by atoms with Gasteiger partial charge in [-0.25, -0.2) is 4.39 Å². The van der Waals surface area contributed by atoms with E-state index in [-0.39, 0.29) is 11.7 Å². The number of amidine groups is 1. The molecule has 0 aromatic heterocycles. The van der Waals surface area contributed by atoms with Crippen LogP contribution < -0.4 is 10.6 Å². The molecule has 4 heteroatoms. The van der Waals surface area contributed by atoms with Crippen molar-refractivity contribution in [1.29, 1.82) is 5.41 Å². The van der Waals surface area contributed by atoms with Crippen molar-refractivity contribution >= 4 is 11.5 Å². The van der Waals surface area contributed by atoms with Gasteiger partial charge in [-0.3, -0.25) is 5.41 Å². The van der Waals surface area contributed by atoms with Crippen LogP contribution in [0.3, 0.4) is 0 Å². The first-order valence-corrected chi connectivity index (χ1v) is 7.11. The molecule has 3 nitrogen and oxygen atoms in total. The van der Waals surface area contributed by atoms with Gasteiger partial charge in [-0.2, -0.15) is 0 Å². The van der Waals surface area contributed by atoms with E-state index >= 15 is 0 Å². The van der Waals surface area contributed by atoms with E-state index in [1.807, 2.05) is 6.07 Å². The fourth-order valence-corrected chi connectivity index (χ4v) is 2.84. The Kier molecular flexibility index (Phi) is 3.60. The molecule has 21 heavy (non-hydrogen) atoms. The van der Waals surface area contributed by atoms with E-state index in [4.69, 9.17) is 11.1 Å². The predicted octanol–water partition coefficient (Wildman–Crippen LogP) is 3.06. The van der Waals surface area contributed by atoms with Gasteiger partial charge in [0.15, 0.2) is 0 Å². The number of nitrogens with zero attached hydrogens (tertiary/aromatic N) is 1. The van der Waals surface area contributed by atoms with Gasteiger partial charge in [0.1, 0.15) is 11.7 Å². The number of fused-ring (bicyclic) bond motifs is 1. The van der Waals surface area contributed by atoms with Gasteiger partial charge in [0.2, 0.25) is 0 Å². The van der Waals surface area contributed by atoms with Crippen molar-refractivity contribution in [2.75, 3.05) is 11.4 Å². The Bertz CT molecular complexity index is 681. The van der Waals surface area contributed by atoms with Gasteiger partial charge < -0.3 is 10.6 Å². The summed E-state index contributed by atoms with van der Waals surface area (Å²) in [4.78, 5) is 2.06. The van der Waals surface area contributed by atoms with Crippen LogP contribution >= 0.6 is 0 Å². The number of rotatable bonds is 2. The van der Waals surface area contributed by atoms with Gasteiger partial charge in [0, 0.05) is 18.7 Å². The fourth-order valence-electron chi connectivity index (χ4n) is 2.84. The molecule has 3 rings (SSSR count). The molecule has 0 saturated carbocycles.